The Balaban J connectivity index is 1.46. The Bertz CT molecular complexity index is 2640. The smallest absolute Gasteiger partial charge is 0.330 e. The Labute approximate surface area is 361 Å². The maximum atomic E-state index is 14.2. The van der Waals surface area contributed by atoms with Gasteiger partial charge in [-0.2, -0.15) is 8.42 Å². The first-order chi connectivity index (χ1) is 29.9. The third kappa shape index (κ3) is 8.81. The molecule has 0 bridgehead atoms. The molecule has 1 fully saturated rings. The number of ether oxygens (including phenoxy) is 5. The van der Waals surface area contributed by atoms with Crippen LogP contribution in [0.25, 0.3) is 0 Å². The second-order valence-corrected chi connectivity index (χ2v) is 16.9. The van der Waals surface area contributed by atoms with Crippen LogP contribution in [0.2, 0.25) is 0 Å². The number of benzene rings is 5. The highest BCUT2D eigenvalue weighted by atomic mass is 32.2. The molecule has 12 nitrogen and oxygen atoms in total. The second-order valence-electron chi connectivity index (χ2n) is 15.3. The Kier molecular flexibility index (Phi) is 13.1. The molecule has 0 unspecified atom stereocenters. The van der Waals surface area contributed by atoms with Crippen LogP contribution >= 0.6 is 0 Å². The lowest BCUT2D eigenvalue weighted by atomic mass is 9.78. The topological polar surface area (TPSA) is 144 Å². The van der Waals surface area contributed by atoms with Gasteiger partial charge in [-0.05, 0) is 78.9 Å². The maximum Gasteiger partial charge on any atom is 0.330 e. The molecule has 6 aromatic rings. The van der Waals surface area contributed by atoms with Gasteiger partial charge in [-0.15, -0.1) is 6.58 Å². The van der Waals surface area contributed by atoms with E-state index in [0.29, 0.717) is 22.6 Å². The normalized spacial score (nSPS) is 18.9. The van der Waals surface area contributed by atoms with E-state index in [2.05, 4.69) is 11.6 Å². The Morgan fingerprint density at radius 3 is 1.92 bits per heavy atom. The first kappa shape index (κ1) is 44.0. The van der Waals surface area contributed by atoms with Gasteiger partial charge >= 0.3 is 5.69 Å². The Morgan fingerprint density at radius 2 is 1.35 bits per heavy atom. The van der Waals surface area contributed by atoms with Crippen LogP contribution in [0.15, 0.2) is 167 Å². The number of aromatic amines is 1. The number of nitrogens with one attached hydrogen (secondary N) is 1. The van der Waals surface area contributed by atoms with Crippen LogP contribution in [0, 0.1) is 13.8 Å². The lowest BCUT2D eigenvalue weighted by Crippen LogP contribution is -2.59. The van der Waals surface area contributed by atoms with Crippen molar-refractivity contribution in [2.45, 2.75) is 61.2 Å². The van der Waals surface area contributed by atoms with Gasteiger partial charge in [0.2, 0.25) is 0 Å². The molecule has 0 saturated carbocycles. The third-order valence-corrected chi connectivity index (χ3v) is 12.7. The van der Waals surface area contributed by atoms with E-state index in [-0.39, 0.29) is 36.5 Å². The van der Waals surface area contributed by atoms with Crippen molar-refractivity contribution < 1.29 is 36.3 Å². The summed E-state index contributed by atoms with van der Waals surface area (Å²) < 4.78 is 68.4. The minimum absolute atomic E-state index is 0.00203. The van der Waals surface area contributed by atoms with Crippen LogP contribution in [-0.4, -0.2) is 56.6 Å². The molecular formula is C49H50N2O10S. The van der Waals surface area contributed by atoms with Crippen molar-refractivity contribution in [1.82, 2.24) is 9.55 Å². The zero-order chi connectivity index (χ0) is 44.0. The van der Waals surface area contributed by atoms with Gasteiger partial charge < -0.3 is 23.7 Å². The number of hydrogen-bond donors (Lipinski definition) is 1. The summed E-state index contributed by atoms with van der Waals surface area (Å²) in [6.45, 7) is 6.63. The first-order valence-corrected chi connectivity index (χ1v) is 21.5. The number of hydrogen-bond acceptors (Lipinski definition) is 10. The number of aryl methyl sites for hydroxylation is 2. The second kappa shape index (κ2) is 18.5. The fraction of sp³-hybridized carbons (Fsp3) is 0.265. The van der Waals surface area contributed by atoms with Gasteiger partial charge in [0.1, 0.15) is 41.1 Å². The van der Waals surface area contributed by atoms with E-state index in [1.165, 1.54) is 22.9 Å². The molecule has 0 aliphatic carbocycles. The predicted octanol–water partition coefficient (Wildman–Crippen LogP) is 7.77. The van der Waals surface area contributed by atoms with Crippen LogP contribution in [0.3, 0.4) is 0 Å². The van der Waals surface area contributed by atoms with Crippen LogP contribution in [0.4, 0.5) is 0 Å². The Morgan fingerprint density at radius 1 is 0.790 bits per heavy atom. The number of aromatic nitrogens is 2. The van der Waals surface area contributed by atoms with Gasteiger partial charge in [0.25, 0.3) is 15.7 Å². The molecule has 2 heterocycles. The molecule has 62 heavy (non-hydrogen) atoms. The summed E-state index contributed by atoms with van der Waals surface area (Å²) in [7, 11) is -1.25. The van der Waals surface area contributed by atoms with Gasteiger partial charge in [0.15, 0.2) is 0 Å². The Hall–Kier alpha value is -6.09. The van der Waals surface area contributed by atoms with Crippen molar-refractivity contribution in [2.24, 2.45) is 0 Å². The standard InChI is InChI=1S/C49H50N2O10S/c1-6-29-47(58-32-37-13-9-7-10-14-37)30-44(51-31-36(3)45(52)50-46(51)53)61-48(47,34-60-62(54,55)43-27-17-35(2)18-28-43)33-59-49(38-15-11-8-12-16-38,39-19-23-41(56-4)24-20-39)40-21-25-42(57-5)26-22-40/h6-28,31,44H,1,29-30,32-34H2,2-5H3,(H,50,52,53)/t44-,47-,48-/m1/s1. The van der Waals surface area contributed by atoms with E-state index in [4.69, 9.17) is 27.9 Å². The molecule has 1 aliphatic heterocycles. The van der Waals surface area contributed by atoms with Crippen molar-refractivity contribution in [3.05, 3.63) is 207 Å². The van der Waals surface area contributed by atoms with Crippen LogP contribution < -0.4 is 20.7 Å². The third-order valence-electron chi connectivity index (χ3n) is 11.4. The fourth-order valence-electron chi connectivity index (χ4n) is 8.00. The summed E-state index contributed by atoms with van der Waals surface area (Å²) in [5, 5.41) is 0. The van der Waals surface area contributed by atoms with E-state index in [1.807, 2.05) is 116 Å². The van der Waals surface area contributed by atoms with Gasteiger partial charge in [0.05, 0.1) is 32.3 Å². The van der Waals surface area contributed by atoms with Crippen molar-refractivity contribution in [3.63, 3.8) is 0 Å². The van der Waals surface area contributed by atoms with E-state index in [9.17, 15) is 18.0 Å². The summed E-state index contributed by atoms with van der Waals surface area (Å²) in [5.41, 5.74) is -1.82. The average molecular weight is 859 g/mol. The monoisotopic (exact) mass is 858 g/mol. The minimum atomic E-state index is -4.42. The molecule has 3 atom stereocenters. The number of rotatable bonds is 18. The SMILES string of the molecule is C=CC[C@@]1(OCc2ccccc2)C[C@H](n2cc(C)c(=O)[nH]c2=O)O[C@]1(COC(c1ccccc1)(c1ccc(OC)cc1)c1ccc(OC)cc1)COS(=O)(=O)c1ccc(C)cc1. The lowest BCUT2D eigenvalue weighted by Gasteiger charge is -2.46. The molecule has 1 saturated heterocycles. The number of methoxy groups -OCH3 is 2. The van der Waals surface area contributed by atoms with Crippen molar-refractivity contribution in [3.8, 4) is 11.5 Å². The largest absolute Gasteiger partial charge is 0.497 e. The van der Waals surface area contributed by atoms with Gasteiger partial charge in [-0.3, -0.25) is 18.5 Å². The van der Waals surface area contributed by atoms with Crippen LogP contribution in [0.5, 0.6) is 11.5 Å². The summed E-state index contributed by atoms with van der Waals surface area (Å²) in [6.07, 6.45) is 2.09. The van der Waals surface area contributed by atoms with E-state index in [0.717, 1.165) is 16.7 Å². The van der Waals surface area contributed by atoms with E-state index < -0.39 is 51.0 Å². The number of nitrogens with zero attached hydrogens (tertiary/aromatic N) is 1. The summed E-state index contributed by atoms with van der Waals surface area (Å²) in [6, 6.07) is 40.4. The maximum absolute atomic E-state index is 14.2. The highest BCUT2D eigenvalue weighted by Crippen LogP contribution is 2.52. The van der Waals surface area contributed by atoms with Gasteiger partial charge in [-0.1, -0.05) is 109 Å². The zero-order valence-corrected chi connectivity index (χ0v) is 35.9. The molecule has 1 aliphatic rings. The molecule has 0 radical (unpaired) electrons. The minimum Gasteiger partial charge on any atom is -0.497 e. The molecule has 1 aromatic heterocycles. The first-order valence-electron chi connectivity index (χ1n) is 20.1. The van der Waals surface area contributed by atoms with Crippen molar-refractivity contribution in [2.75, 3.05) is 27.4 Å². The molecule has 5 aromatic carbocycles. The molecule has 0 spiro atoms. The zero-order valence-electron chi connectivity index (χ0n) is 35.1. The van der Waals surface area contributed by atoms with Crippen molar-refractivity contribution in [1.29, 1.82) is 0 Å². The molecule has 7 rings (SSSR count). The molecule has 322 valence electrons. The summed E-state index contributed by atoms with van der Waals surface area (Å²) >= 11 is 0. The summed E-state index contributed by atoms with van der Waals surface area (Å²) in [5.74, 6) is 1.25. The van der Waals surface area contributed by atoms with E-state index in [1.54, 1.807) is 39.4 Å². The molecule has 1 N–H and O–H groups in total. The molecule has 13 heteroatoms. The summed E-state index contributed by atoms with van der Waals surface area (Å²) in [4.78, 5) is 28.6. The van der Waals surface area contributed by atoms with E-state index >= 15 is 0 Å². The molecule has 0 amide bonds. The highest BCUT2D eigenvalue weighted by Gasteiger charge is 2.63. The average Bonchev–Trinajstić information content (AvgIpc) is 3.61. The highest BCUT2D eigenvalue weighted by molar-refractivity contribution is 7.86. The van der Waals surface area contributed by atoms with Crippen molar-refractivity contribution >= 4 is 10.1 Å². The van der Waals surface area contributed by atoms with Crippen LogP contribution in [-0.2, 0) is 40.7 Å². The quantitative estimate of drug-likeness (QED) is 0.0517. The van der Waals surface area contributed by atoms with Gasteiger partial charge in [0, 0.05) is 18.2 Å². The fourth-order valence-corrected chi connectivity index (χ4v) is 8.95. The van der Waals surface area contributed by atoms with Crippen LogP contribution in [0.1, 0.15) is 52.5 Å². The molecular weight excluding hydrogens is 809 g/mol. The lowest BCUT2D eigenvalue weighted by molar-refractivity contribution is -0.219. The predicted molar refractivity (Wildman–Crippen MR) is 235 cm³/mol. The number of H-pyrrole nitrogens is 1. The van der Waals surface area contributed by atoms with Gasteiger partial charge in [-0.25, -0.2) is 4.79 Å².